The number of fused-ring (bicyclic) bond motifs is 2. The number of hydrogen-bond acceptors (Lipinski definition) is 20. The van der Waals surface area contributed by atoms with Crippen molar-refractivity contribution in [1.29, 1.82) is 0 Å². The molecule has 0 bridgehead atoms. The Bertz CT molecular complexity index is 3730. The number of rotatable bonds is 42. The molecule has 0 aromatic carbocycles. The quantitative estimate of drug-likeness (QED) is 0.0305. The Morgan fingerprint density at radius 2 is 0.669 bits per heavy atom. The van der Waals surface area contributed by atoms with E-state index in [1.807, 2.05) is 0 Å². The predicted molar refractivity (Wildman–Crippen MR) is 461 cm³/mol. The first-order valence-corrected chi connectivity index (χ1v) is 43.4. The summed E-state index contributed by atoms with van der Waals surface area (Å²) in [5.41, 5.74) is -2.46. The molecule has 3 fully saturated rings. The fourth-order valence-corrected chi connectivity index (χ4v) is 13.4. The Hall–Kier alpha value is -11.2. The number of carbonyl (C=O) groups is 17. The van der Waals surface area contributed by atoms with Crippen molar-refractivity contribution in [3.05, 3.63) is 0 Å². The van der Waals surface area contributed by atoms with Gasteiger partial charge in [-0.1, -0.05) is 0 Å². The molecule has 3 rings (SSSR count). The molecule has 3 heterocycles. The van der Waals surface area contributed by atoms with Crippen LogP contribution in [0.1, 0.15) is 255 Å². The van der Waals surface area contributed by atoms with Crippen molar-refractivity contribution in [1.82, 2.24) is 89.6 Å². The van der Waals surface area contributed by atoms with Crippen LogP contribution in [0.15, 0.2) is 0 Å². The number of nitrogens with zero attached hydrogens (tertiary/aromatic N) is 2. The number of ether oxygens (including phenoxy) is 3. The van der Waals surface area contributed by atoms with E-state index in [1.165, 1.54) is 9.80 Å². The highest BCUT2D eigenvalue weighted by Crippen LogP contribution is 2.24. The van der Waals surface area contributed by atoms with Crippen molar-refractivity contribution in [2.24, 2.45) is 0 Å². The molecule has 3 aliphatic rings. The summed E-state index contributed by atoms with van der Waals surface area (Å²) in [6.45, 7) is 14.2. The van der Waals surface area contributed by atoms with Gasteiger partial charge in [-0.3, -0.25) is 71.9 Å². The van der Waals surface area contributed by atoms with Crippen molar-refractivity contribution in [3.63, 3.8) is 0 Å². The van der Waals surface area contributed by atoms with Crippen LogP contribution in [0.3, 0.4) is 0 Å². The molecule has 15 N–H and O–H groups in total. The summed E-state index contributed by atoms with van der Waals surface area (Å²) in [5, 5.41) is 40.8. The van der Waals surface area contributed by atoms with Crippen LogP contribution in [0, 0.1) is 49.4 Å². The zero-order valence-corrected chi connectivity index (χ0v) is 74.1. The molecule has 0 radical (unpaired) electrons. The minimum Gasteiger partial charge on any atom is -0.444 e. The molecular formula is C87H137N17O20. The van der Waals surface area contributed by atoms with Crippen molar-refractivity contribution < 1.29 is 95.7 Å². The Balaban J connectivity index is 2.29. The minimum atomic E-state index is -1.52. The summed E-state index contributed by atoms with van der Waals surface area (Å²) >= 11 is 0. The number of nitrogens with one attached hydrogen (secondary N) is 15. The second-order valence-electron chi connectivity index (χ2n) is 33.8. The van der Waals surface area contributed by atoms with Gasteiger partial charge in [0.15, 0.2) is 0 Å². The molecule has 690 valence electrons. The lowest BCUT2D eigenvalue weighted by Crippen LogP contribution is -2.59. The van der Waals surface area contributed by atoms with Crippen molar-refractivity contribution in [2.45, 2.75) is 326 Å². The van der Waals surface area contributed by atoms with Crippen LogP contribution in [0.2, 0.25) is 0 Å². The molecule has 3 saturated heterocycles. The van der Waals surface area contributed by atoms with Gasteiger partial charge in [-0.25, -0.2) is 9.59 Å². The lowest BCUT2D eigenvalue weighted by Gasteiger charge is -2.31. The van der Waals surface area contributed by atoms with Crippen molar-refractivity contribution in [2.75, 3.05) is 72.1 Å². The van der Waals surface area contributed by atoms with E-state index in [1.54, 1.807) is 62.3 Å². The van der Waals surface area contributed by atoms with Gasteiger partial charge in [0.05, 0.1) is 25.3 Å². The summed E-state index contributed by atoms with van der Waals surface area (Å²) in [7, 11) is 0. The Kier molecular flexibility index (Phi) is 50.0. The Labute approximate surface area is 730 Å². The SMILES string of the molecule is C#CCCC(=O)NCCCC[C@@H]1NC(=O)CNC(=O)[C@@H]2CCCN2C(=O)[C@H](CCCCNC(=O)CCC#C)NC(=O)[C@H](CCCCNC(=O)OC(C)(C)C)NC(=O)[C@H](CCCCNC(=O)CCC#C)NC(=O)CNC(=O)[C@@H]2CCCN2C(=O)[C@H](CCCCNC(=O)CCC#C)NC(=O)[C@H](CCCCNC(=O)[C@H](COC(C)(C)C)NC(=O)OC(C)(C)C)NC1=O. The highest BCUT2D eigenvalue weighted by molar-refractivity contribution is 5.99. The fraction of sp³-hybridized carbons (Fsp3) is 0.713. The summed E-state index contributed by atoms with van der Waals surface area (Å²) in [4.78, 5) is 241. The van der Waals surface area contributed by atoms with Crippen LogP contribution in [-0.4, -0.2) is 254 Å². The molecule has 0 aliphatic carbocycles. The summed E-state index contributed by atoms with van der Waals surface area (Å²) in [6.07, 6.45) is 23.5. The molecule has 0 unspecified atom stereocenters. The van der Waals surface area contributed by atoms with Gasteiger partial charge >= 0.3 is 12.2 Å². The topological polar surface area (TPSA) is 505 Å². The fourth-order valence-electron chi connectivity index (χ4n) is 13.4. The zero-order chi connectivity index (χ0) is 92.2. The van der Waals surface area contributed by atoms with Crippen LogP contribution in [0.25, 0.3) is 0 Å². The number of terminal acetylenes is 4. The third-order valence-corrected chi connectivity index (χ3v) is 19.8. The molecule has 3 aliphatic heterocycles. The lowest BCUT2D eigenvalue weighted by molar-refractivity contribution is -0.142. The second kappa shape index (κ2) is 58.0. The van der Waals surface area contributed by atoms with Crippen LogP contribution in [-0.2, 0) is 86.1 Å². The maximum absolute atomic E-state index is 15.3. The third kappa shape index (κ3) is 45.8. The largest absolute Gasteiger partial charge is 0.444 e. The Morgan fingerprint density at radius 3 is 0.984 bits per heavy atom. The first-order chi connectivity index (χ1) is 58.8. The van der Waals surface area contributed by atoms with E-state index in [0.717, 1.165) is 0 Å². The van der Waals surface area contributed by atoms with Crippen LogP contribution in [0.4, 0.5) is 9.59 Å². The molecule has 9 atom stereocenters. The number of unbranched alkanes of at least 4 members (excludes halogenated alkanes) is 6. The molecule has 0 aromatic heterocycles. The summed E-state index contributed by atoms with van der Waals surface area (Å²) < 4.78 is 16.7. The van der Waals surface area contributed by atoms with E-state index in [-0.39, 0.29) is 269 Å². The maximum atomic E-state index is 15.3. The first-order valence-electron chi connectivity index (χ1n) is 43.4. The normalized spacial score (nSPS) is 20.2. The molecule has 37 nitrogen and oxygen atoms in total. The van der Waals surface area contributed by atoms with Gasteiger partial charge in [-0.15, -0.1) is 49.4 Å². The van der Waals surface area contributed by atoms with Crippen molar-refractivity contribution >= 4 is 101 Å². The number of amides is 17. The lowest BCUT2D eigenvalue weighted by atomic mass is 10.0. The van der Waals surface area contributed by atoms with E-state index in [4.69, 9.17) is 39.9 Å². The molecule has 37 heteroatoms. The standard InChI is InChI=1S/C87H137N17O20/c1-14-18-44-68(105)88-48-28-22-36-59-75(112)98-61(38-24-32-52-92-74(111)65(58-122-85(5,6)7)102-84(121)124-87(11,12)13)77(114)100-63(40-26-30-50-90-70(107)46-20-16-3)81(118)103-54-34-42-66(103)79(116)95-57-73(110)97-60(37-23-29-49-89-69(106)45-19-15-2)76(113)99-62(39-25-33-53-93-83(120)123-86(8,9)10)78(115)101-64(41-27-31-51-91-71(108)47-21-17-4)82(119)104-55-35-43-67(104)80(117)94-56-72(109)96-59/h1-4,59-67H,18-58H2,5-13H3,(H,88,105)(H,89,106)(H,90,107)(H,91,108)(H,92,111)(H,93,120)(H,94,117)(H,95,116)(H,96,109)(H,97,110)(H,98,112)(H,99,113)(H,100,114)(H,101,115)(H,102,121)/t59-,60-,61-,62-,63-,64-,65-,66-,67-/m0/s1. The number of hydrogen-bond donors (Lipinski definition) is 15. The van der Waals surface area contributed by atoms with Gasteiger partial charge in [-0.05, 0) is 204 Å². The second-order valence-corrected chi connectivity index (χ2v) is 33.8. The van der Waals surface area contributed by atoms with Gasteiger partial charge in [0, 0.05) is 104 Å². The highest BCUT2D eigenvalue weighted by Gasteiger charge is 2.42. The third-order valence-electron chi connectivity index (χ3n) is 19.8. The molecule has 17 amide bonds. The molecule has 0 aromatic rings. The van der Waals surface area contributed by atoms with Gasteiger partial charge in [-0.2, -0.15) is 0 Å². The van der Waals surface area contributed by atoms with Gasteiger partial charge in [0.25, 0.3) is 0 Å². The van der Waals surface area contributed by atoms with Gasteiger partial charge < -0.3 is 104 Å². The smallest absolute Gasteiger partial charge is 0.408 e. The first kappa shape index (κ1) is 107. The van der Waals surface area contributed by atoms with E-state index in [9.17, 15) is 57.5 Å². The zero-order valence-electron chi connectivity index (χ0n) is 74.1. The van der Waals surface area contributed by atoms with E-state index in [2.05, 4.69) is 103 Å². The Morgan fingerprint density at radius 1 is 0.379 bits per heavy atom. The molecule has 0 saturated carbocycles. The van der Waals surface area contributed by atoms with E-state index in [0.29, 0.717) is 6.42 Å². The van der Waals surface area contributed by atoms with Crippen molar-refractivity contribution in [3.8, 4) is 49.4 Å². The average molecular weight is 1740 g/mol. The summed E-state index contributed by atoms with van der Waals surface area (Å²) in [6, 6.07) is -12.4. The number of alkyl carbamates (subject to hydrolysis) is 2. The van der Waals surface area contributed by atoms with Crippen LogP contribution < -0.4 is 79.8 Å². The monoisotopic (exact) mass is 1740 g/mol. The number of carbonyl (C=O) groups excluding carboxylic acids is 17. The predicted octanol–water partition coefficient (Wildman–Crippen LogP) is 1.61. The minimum absolute atomic E-state index is 0.000509. The molecule has 0 spiro atoms. The van der Waals surface area contributed by atoms with E-state index >= 15 is 24.0 Å². The van der Waals surface area contributed by atoms with Crippen LogP contribution >= 0.6 is 0 Å². The van der Waals surface area contributed by atoms with Gasteiger partial charge in [0.1, 0.15) is 65.6 Å². The van der Waals surface area contributed by atoms with E-state index < -0.39 is 161 Å². The van der Waals surface area contributed by atoms with Crippen LogP contribution in [0.5, 0.6) is 0 Å². The maximum Gasteiger partial charge on any atom is 0.408 e. The molecule has 124 heavy (non-hydrogen) atoms. The highest BCUT2D eigenvalue weighted by atomic mass is 16.6. The summed E-state index contributed by atoms with van der Waals surface area (Å²) in [5.74, 6) is -0.651. The van der Waals surface area contributed by atoms with Gasteiger partial charge in [0.2, 0.25) is 88.6 Å². The molecular weight excluding hydrogens is 1600 g/mol. The average Bonchev–Trinajstić information content (AvgIpc) is 1.65.